The van der Waals surface area contributed by atoms with Crippen molar-refractivity contribution in [3.8, 4) is 11.8 Å². The molecule has 0 aliphatic carbocycles. The van der Waals surface area contributed by atoms with Crippen LogP contribution in [0, 0.1) is 17.2 Å². The molecule has 0 aliphatic rings. The van der Waals surface area contributed by atoms with E-state index in [0.29, 0.717) is 17.7 Å². The Balaban J connectivity index is 1.93. The fraction of sp³-hybridized carbons (Fsp3) is 0.250. The van der Waals surface area contributed by atoms with E-state index in [1.54, 1.807) is 31.2 Å². The Hall–Kier alpha value is -3.33. The van der Waals surface area contributed by atoms with Crippen LogP contribution in [0.5, 0.6) is 5.75 Å². The van der Waals surface area contributed by atoms with Crippen LogP contribution in [-0.4, -0.2) is 29.6 Å². The molecule has 0 saturated carbocycles. The summed E-state index contributed by atoms with van der Waals surface area (Å²) >= 11 is 0. The van der Waals surface area contributed by atoms with Crippen LogP contribution in [-0.2, 0) is 16.0 Å². The quantitative estimate of drug-likeness (QED) is 0.760. The zero-order valence-electron chi connectivity index (χ0n) is 14.4. The molecule has 1 amide bonds. The molecule has 2 unspecified atom stereocenters. The van der Waals surface area contributed by atoms with Crippen molar-refractivity contribution >= 4 is 11.9 Å². The van der Waals surface area contributed by atoms with E-state index in [2.05, 4.69) is 5.32 Å². The molecule has 2 rings (SSSR count). The zero-order chi connectivity index (χ0) is 18.9. The van der Waals surface area contributed by atoms with Crippen molar-refractivity contribution in [3.63, 3.8) is 0 Å². The van der Waals surface area contributed by atoms with E-state index in [1.807, 2.05) is 36.4 Å². The molecule has 0 heterocycles. The van der Waals surface area contributed by atoms with Crippen LogP contribution >= 0.6 is 0 Å². The van der Waals surface area contributed by atoms with Crippen molar-refractivity contribution in [2.45, 2.75) is 19.4 Å². The lowest BCUT2D eigenvalue weighted by Crippen LogP contribution is -2.41. The zero-order valence-corrected chi connectivity index (χ0v) is 14.4. The van der Waals surface area contributed by atoms with Crippen molar-refractivity contribution in [2.24, 2.45) is 5.92 Å². The fourth-order valence-electron chi connectivity index (χ4n) is 2.42. The molecule has 0 aliphatic heterocycles. The smallest absolute Gasteiger partial charge is 0.308 e. The number of ether oxygens (including phenoxy) is 1. The first-order chi connectivity index (χ1) is 12.5. The summed E-state index contributed by atoms with van der Waals surface area (Å²) in [7, 11) is 0. The van der Waals surface area contributed by atoms with Crippen LogP contribution in [0.3, 0.4) is 0 Å². The minimum Gasteiger partial charge on any atom is -0.481 e. The SMILES string of the molecule is CC(Oc1ccccc1C#N)C(=O)NCC(Cc1ccccc1)C(=O)O. The summed E-state index contributed by atoms with van der Waals surface area (Å²) in [4.78, 5) is 23.7. The van der Waals surface area contributed by atoms with Gasteiger partial charge in [0.25, 0.3) is 5.91 Å². The lowest BCUT2D eigenvalue weighted by molar-refractivity contribution is -0.141. The molecule has 0 bridgehead atoms. The number of para-hydroxylation sites is 1. The van der Waals surface area contributed by atoms with Crippen LogP contribution < -0.4 is 10.1 Å². The van der Waals surface area contributed by atoms with Gasteiger partial charge in [-0.2, -0.15) is 5.26 Å². The average Bonchev–Trinajstić information content (AvgIpc) is 2.65. The normalized spacial score (nSPS) is 12.5. The van der Waals surface area contributed by atoms with Gasteiger partial charge in [-0.25, -0.2) is 0 Å². The van der Waals surface area contributed by atoms with E-state index in [-0.39, 0.29) is 6.54 Å². The Morgan fingerprint density at radius 2 is 1.81 bits per heavy atom. The molecule has 6 heteroatoms. The number of carbonyl (C=O) groups is 2. The summed E-state index contributed by atoms with van der Waals surface area (Å²) in [6, 6.07) is 17.9. The van der Waals surface area contributed by atoms with E-state index in [0.717, 1.165) is 5.56 Å². The number of hydrogen-bond donors (Lipinski definition) is 2. The molecule has 0 aromatic heterocycles. The van der Waals surface area contributed by atoms with Crippen molar-refractivity contribution < 1.29 is 19.4 Å². The first-order valence-electron chi connectivity index (χ1n) is 8.21. The maximum atomic E-state index is 12.2. The van der Waals surface area contributed by atoms with E-state index in [4.69, 9.17) is 10.00 Å². The summed E-state index contributed by atoms with van der Waals surface area (Å²) in [5.74, 6) is -1.83. The molecular weight excluding hydrogens is 332 g/mol. The molecular formula is C20H20N2O4. The number of amides is 1. The van der Waals surface area contributed by atoms with Gasteiger partial charge in [0.1, 0.15) is 11.8 Å². The first kappa shape index (κ1) is 19.0. The predicted molar refractivity (Wildman–Crippen MR) is 95.5 cm³/mol. The minimum atomic E-state index is -0.974. The fourth-order valence-corrected chi connectivity index (χ4v) is 2.42. The summed E-state index contributed by atoms with van der Waals surface area (Å²) in [6.45, 7) is 1.55. The van der Waals surface area contributed by atoms with E-state index in [1.165, 1.54) is 0 Å². The van der Waals surface area contributed by atoms with E-state index >= 15 is 0 Å². The number of rotatable bonds is 8. The van der Waals surface area contributed by atoms with Crippen molar-refractivity contribution in [1.29, 1.82) is 5.26 Å². The number of benzene rings is 2. The summed E-state index contributed by atoms with van der Waals surface area (Å²) in [5.41, 5.74) is 1.22. The van der Waals surface area contributed by atoms with Gasteiger partial charge in [-0.3, -0.25) is 9.59 Å². The molecule has 2 N–H and O–H groups in total. The van der Waals surface area contributed by atoms with Gasteiger partial charge in [-0.1, -0.05) is 42.5 Å². The highest BCUT2D eigenvalue weighted by molar-refractivity contribution is 5.81. The Morgan fingerprint density at radius 1 is 1.15 bits per heavy atom. The number of hydrogen-bond acceptors (Lipinski definition) is 4. The Morgan fingerprint density at radius 3 is 2.46 bits per heavy atom. The second-order valence-electron chi connectivity index (χ2n) is 5.84. The third-order valence-electron chi connectivity index (χ3n) is 3.88. The van der Waals surface area contributed by atoms with Gasteiger partial charge in [0.15, 0.2) is 6.10 Å². The number of aliphatic carboxylic acids is 1. The topological polar surface area (TPSA) is 99.4 Å². The number of carboxylic acid groups (broad SMARTS) is 1. The van der Waals surface area contributed by atoms with Gasteiger partial charge in [-0.05, 0) is 31.0 Å². The molecule has 134 valence electrons. The molecule has 0 radical (unpaired) electrons. The standard InChI is InChI=1S/C20H20N2O4/c1-14(26-18-10-6-5-9-16(18)12-21)19(23)22-13-17(20(24)25)11-15-7-3-2-4-8-15/h2-10,14,17H,11,13H2,1H3,(H,22,23)(H,24,25). The van der Waals surface area contributed by atoms with Gasteiger partial charge in [0.05, 0.1) is 11.5 Å². The van der Waals surface area contributed by atoms with Crippen molar-refractivity contribution in [2.75, 3.05) is 6.54 Å². The maximum absolute atomic E-state index is 12.2. The third kappa shape index (κ3) is 5.35. The predicted octanol–water partition coefficient (Wildman–Crippen LogP) is 2.39. The minimum absolute atomic E-state index is 0.00332. The second-order valence-corrected chi connectivity index (χ2v) is 5.84. The Kier molecular flexibility index (Phi) is 6.75. The average molecular weight is 352 g/mol. The molecule has 26 heavy (non-hydrogen) atoms. The second kappa shape index (κ2) is 9.23. The molecule has 2 aromatic carbocycles. The highest BCUT2D eigenvalue weighted by Crippen LogP contribution is 2.18. The monoisotopic (exact) mass is 352 g/mol. The summed E-state index contributed by atoms with van der Waals surface area (Å²) in [5, 5.41) is 21.0. The number of nitrogens with one attached hydrogen (secondary N) is 1. The number of carbonyl (C=O) groups excluding carboxylic acids is 1. The highest BCUT2D eigenvalue weighted by atomic mass is 16.5. The highest BCUT2D eigenvalue weighted by Gasteiger charge is 2.22. The van der Waals surface area contributed by atoms with Crippen LogP contribution in [0.2, 0.25) is 0 Å². The maximum Gasteiger partial charge on any atom is 0.308 e. The van der Waals surface area contributed by atoms with E-state index in [9.17, 15) is 14.7 Å². The van der Waals surface area contributed by atoms with Crippen LogP contribution in [0.4, 0.5) is 0 Å². The van der Waals surface area contributed by atoms with Gasteiger partial charge >= 0.3 is 5.97 Å². The van der Waals surface area contributed by atoms with Gasteiger partial charge in [-0.15, -0.1) is 0 Å². The number of nitrogens with zero attached hydrogens (tertiary/aromatic N) is 1. The van der Waals surface area contributed by atoms with Gasteiger partial charge in [0.2, 0.25) is 0 Å². The Bertz CT molecular complexity index is 799. The van der Waals surface area contributed by atoms with E-state index < -0.39 is 23.9 Å². The number of nitriles is 1. The number of carboxylic acids is 1. The summed E-state index contributed by atoms with van der Waals surface area (Å²) < 4.78 is 5.53. The van der Waals surface area contributed by atoms with Crippen LogP contribution in [0.15, 0.2) is 54.6 Å². The lowest BCUT2D eigenvalue weighted by atomic mass is 9.99. The lowest BCUT2D eigenvalue weighted by Gasteiger charge is -2.18. The molecule has 0 spiro atoms. The molecule has 6 nitrogen and oxygen atoms in total. The van der Waals surface area contributed by atoms with Crippen molar-refractivity contribution in [3.05, 3.63) is 65.7 Å². The summed E-state index contributed by atoms with van der Waals surface area (Å²) in [6.07, 6.45) is -0.529. The third-order valence-corrected chi connectivity index (χ3v) is 3.88. The van der Waals surface area contributed by atoms with Gasteiger partial charge < -0.3 is 15.2 Å². The first-order valence-corrected chi connectivity index (χ1v) is 8.21. The largest absolute Gasteiger partial charge is 0.481 e. The van der Waals surface area contributed by atoms with Crippen LogP contribution in [0.1, 0.15) is 18.1 Å². The molecule has 0 fully saturated rings. The molecule has 2 aromatic rings. The van der Waals surface area contributed by atoms with Crippen molar-refractivity contribution in [1.82, 2.24) is 5.32 Å². The van der Waals surface area contributed by atoms with Crippen LogP contribution in [0.25, 0.3) is 0 Å². The molecule has 0 saturated heterocycles. The van der Waals surface area contributed by atoms with Gasteiger partial charge in [0, 0.05) is 6.54 Å². The Labute approximate surface area is 152 Å². The molecule has 2 atom stereocenters.